The normalized spacial score (nSPS) is 20.4. The molecule has 0 atom stereocenters. The van der Waals surface area contributed by atoms with Gasteiger partial charge in [0, 0.05) is 69.8 Å². The molecule has 218 valence electrons. The molecule has 15 heteroatoms. The molecule has 1 aromatic heterocycles. The third-order valence-electron chi connectivity index (χ3n) is 7.52. The zero-order chi connectivity index (χ0) is 27.9. The number of ketones is 1. The summed E-state index contributed by atoms with van der Waals surface area (Å²) in [6.45, 7) is 0.638. The minimum absolute atomic E-state index is 0. The number of Topliss-reactive ketones (excluding diaryl/α,β-unsaturated/α-hetero) is 1. The summed E-state index contributed by atoms with van der Waals surface area (Å²) in [5.41, 5.74) is -2.63. The minimum atomic E-state index is -4.78. The van der Waals surface area contributed by atoms with E-state index in [1.807, 2.05) is 4.90 Å². The zero-order valence-electron chi connectivity index (χ0n) is 21.1. The van der Waals surface area contributed by atoms with Gasteiger partial charge in [-0.25, -0.2) is 22.2 Å². The molecule has 2 heterocycles. The Bertz CT molecular complexity index is 1280. The fourth-order valence-corrected chi connectivity index (χ4v) is 7.05. The molecular weight excluding hydrogens is 590 g/mol. The number of aromatic nitrogens is 2. The topological polar surface area (TPSA) is 75.5 Å². The molecule has 0 amide bonds. The number of nitrogens with zero attached hydrogens (tertiary/aromatic N) is 4. The van der Waals surface area contributed by atoms with Crippen LogP contribution in [0.3, 0.4) is 0 Å². The largest absolute Gasteiger partial charge is 0.417 e. The Morgan fingerprint density at radius 2 is 1.69 bits per heavy atom. The van der Waals surface area contributed by atoms with Crippen LogP contribution in [0.4, 0.5) is 22.0 Å². The molecule has 1 saturated carbocycles. The SMILES string of the molecule is Cl.Cn1cnc(S(=O)(=O)N2CCN(C3(CCC(=O)c4c(Cl)cccc4C(F)(F)F)CCC(F)(F)CC3)CC2)c1. The molecule has 1 aliphatic carbocycles. The molecular formula is C24H29Cl2F5N4O3S. The first kappa shape index (κ1) is 31.7. The first-order valence-electron chi connectivity index (χ1n) is 12.1. The second-order valence-corrected chi connectivity index (χ2v) is 12.2. The number of carbonyl (C=O) groups is 1. The van der Waals surface area contributed by atoms with Crippen LogP contribution in [0.25, 0.3) is 0 Å². The monoisotopic (exact) mass is 618 g/mol. The number of imidazole rings is 1. The van der Waals surface area contributed by atoms with Gasteiger partial charge in [0.05, 0.1) is 16.9 Å². The van der Waals surface area contributed by atoms with E-state index >= 15 is 0 Å². The van der Waals surface area contributed by atoms with Crippen molar-refractivity contribution >= 4 is 39.8 Å². The average molecular weight is 619 g/mol. The maximum Gasteiger partial charge on any atom is 0.417 e. The minimum Gasteiger partial charge on any atom is -0.339 e. The molecule has 2 aromatic rings. The van der Waals surface area contributed by atoms with Gasteiger partial charge in [-0.3, -0.25) is 9.69 Å². The van der Waals surface area contributed by atoms with E-state index in [1.165, 1.54) is 27.5 Å². The Hall–Kier alpha value is -1.80. The number of alkyl halides is 5. The van der Waals surface area contributed by atoms with Gasteiger partial charge in [-0.15, -0.1) is 12.4 Å². The first-order valence-corrected chi connectivity index (χ1v) is 14.0. The second-order valence-electron chi connectivity index (χ2n) is 9.93. The lowest BCUT2D eigenvalue weighted by atomic mass is 9.74. The van der Waals surface area contributed by atoms with Crippen molar-refractivity contribution in [1.29, 1.82) is 0 Å². The smallest absolute Gasteiger partial charge is 0.339 e. The van der Waals surface area contributed by atoms with Crippen molar-refractivity contribution < 1.29 is 35.2 Å². The standard InChI is InChI=1S/C24H28ClF5N4O3S.ClH/c1-32-15-20(31-16-32)38(36,37)34-13-11-33(12-14-34)22(7-9-23(26,27)10-8-22)6-5-19(35)21-17(24(28,29)30)3-2-4-18(21)25;/h2-4,15-16H,5-14H2,1H3;1H. The van der Waals surface area contributed by atoms with E-state index in [-0.39, 0.29) is 74.3 Å². The third kappa shape index (κ3) is 6.75. The number of sulfonamides is 1. The molecule has 0 N–H and O–H groups in total. The number of carbonyl (C=O) groups excluding carboxylic acids is 1. The van der Waals surface area contributed by atoms with E-state index < -0.39 is 57.4 Å². The molecule has 7 nitrogen and oxygen atoms in total. The maximum atomic E-state index is 14.1. The number of benzene rings is 1. The molecule has 0 bridgehead atoms. The molecule has 1 aliphatic heterocycles. The third-order valence-corrected chi connectivity index (χ3v) is 9.62. The molecule has 1 aromatic carbocycles. The highest BCUT2D eigenvalue weighted by Crippen LogP contribution is 2.45. The summed E-state index contributed by atoms with van der Waals surface area (Å²) >= 11 is 5.98. The van der Waals surface area contributed by atoms with Crippen molar-refractivity contribution in [2.45, 2.75) is 61.2 Å². The lowest BCUT2D eigenvalue weighted by Gasteiger charge is -2.50. The predicted molar refractivity (Wildman–Crippen MR) is 137 cm³/mol. The van der Waals surface area contributed by atoms with Crippen molar-refractivity contribution in [1.82, 2.24) is 18.8 Å². The van der Waals surface area contributed by atoms with E-state index in [1.54, 1.807) is 7.05 Å². The van der Waals surface area contributed by atoms with Gasteiger partial charge in [-0.1, -0.05) is 17.7 Å². The van der Waals surface area contributed by atoms with E-state index in [0.29, 0.717) is 0 Å². The van der Waals surface area contributed by atoms with Crippen LogP contribution in [0, 0.1) is 0 Å². The van der Waals surface area contributed by atoms with Gasteiger partial charge in [-0.05, 0) is 31.4 Å². The quantitative estimate of drug-likeness (QED) is 0.305. The highest BCUT2D eigenvalue weighted by atomic mass is 35.5. The number of hydrogen-bond donors (Lipinski definition) is 0. The zero-order valence-corrected chi connectivity index (χ0v) is 23.4. The number of piperazine rings is 1. The summed E-state index contributed by atoms with van der Waals surface area (Å²) in [4.78, 5) is 18.9. The fraction of sp³-hybridized carbons (Fsp3) is 0.583. The van der Waals surface area contributed by atoms with Gasteiger partial charge >= 0.3 is 6.18 Å². The van der Waals surface area contributed by atoms with Gasteiger partial charge in [0.15, 0.2) is 10.8 Å². The van der Waals surface area contributed by atoms with Crippen LogP contribution >= 0.6 is 24.0 Å². The van der Waals surface area contributed by atoms with Gasteiger partial charge in [0.25, 0.3) is 10.0 Å². The molecule has 0 spiro atoms. The van der Waals surface area contributed by atoms with Crippen LogP contribution in [0.1, 0.15) is 54.4 Å². The Morgan fingerprint density at radius 3 is 2.23 bits per heavy atom. The van der Waals surface area contributed by atoms with Crippen molar-refractivity contribution in [3.05, 3.63) is 46.9 Å². The van der Waals surface area contributed by atoms with Gasteiger partial charge in [0.1, 0.15) is 0 Å². The predicted octanol–water partition coefficient (Wildman–Crippen LogP) is 5.43. The van der Waals surface area contributed by atoms with Crippen LogP contribution in [0.15, 0.2) is 35.7 Å². The molecule has 0 radical (unpaired) electrons. The van der Waals surface area contributed by atoms with Gasteiger partial charge < -0.3 is 4.57 Å². The Morgan fingerprint density at radius 1 is 1.08 bits per heavy atom. The molecule has 4 rings (SSSR count). The lowest BCUT2D eigenvalue weighted by Crippen LogP contribution is -2.59. The van der Waals surface area contributed by atoms with E-state index in [0.717, 1.165) is 12.1 Å². The number of aryl methyl sites for hydroxylation is 1. The summed E-state index contributed by atoms with van der Waals surface area (Å²) in [6.07, 6.45) is -3.05. The van der Waals surface area contributed by atoms with Crippen LogP contribution in [-0.4, -0.2) is 70.6 Å². The highest BCUT2D eigenvalue weighted by Gasteiger charge is 2.48. The van der Waals surface area contributed by atoms with Crippen LogP contribution in [0.2, 0.25) is 5.02 Å². The van der Waals surface area contributed by atoms with Crippen LogP contribution < -0.4 is 0 Å². The Labute approximate surface area is 234 Å². The molecule has 2 aliphatic rings. The Kier molecular flexibility index (Phi) is 9.43. The number of hydrogen-bond acceptors (Lipinski definition) is 5. The van der Waals surface area contributed by atoms with Gasteiger partial charge in [-0.2, -0.15) is 17.5 Å². The van der Waals surface area contributed by atoms with Crippen LogP contribution in [-0.2, 0) is 23.2 Å². The summed E-state index contributed by atoms with van der Waals surface area (Å²) in [6, 6.07) is 3.12. The molecule has 1 saturated heterocycles. The molecule has 39 heavy (non-hydrogen) atoms. The highest BCUT2D eigenvalue weighted by molar-refractivity contribution is 7.89. The summed E-state index contributed by atoms with van der Waals surface area (Å²) < 4.78 is 97.5. The van der Waals surface area contributed by atoms with Crippen molar-refractivity contribution in [3.8, 4) is 0 Å². The molecule has 2 fully saturated rings. The summed E-state index contributed by atoms with van der Waals surface area (Å²) in [7, 11) is -2.19. The first-order chi connectivity index (χ1) is 17.6. The van der Waals surface area contributed by atoms with Gasteiger partial charge in [0.2, 0.25) is 5.92 Å². The maximum absolute atomic E-state index is 14.1. The van der Waals surface area contributed by atoms with E-state index in [4.69, 9.17) is 11.6 Å². The lowest BCUT2D eigenvalue weighted by molar-refractivity contribution is -0.137. The number of rotatable bonds is 7. The Balaban J connectivity index is 0.00000420. The fourth-order valence-electron chi connectivity index (χ4n) is 5.38. The van der Waals surface area contributed by atoms with Crippen molar-refractivity contribution in [2.75, 3.05) is 26.2 Å². The van der Waals surface area contributed by atoms with Crippen molar-refractivity contribution in [3.63, 3.8) is 0 Å². The summed E-state index contributed by atoms with van der Waals surface area (Å²) in [5, 5.41) is -0.409. The average Bonchev–Trinajstić information content (AvgIpc) is 3.30. The molecule has 0 unspecified atom stereocenters. The number of halogens is 7. The summed E-state index contributed by atoms with van der Waals surface area (Å²) in [5.74, 6) is -3.68. The second kappa shape index (κ2) is 11.6. The van der Waals surface area contributed by atoms with E-state index in [2.05, 4.69) is 4.98 Å². The van der Waals surface area contributed by atoms with Crippen molar-refractivity contribution in [2.24, 2.45) is 7.05 Å². The van der Waals surface area contributed by atoms with Crippen LogP contribution in [0.5, 0.6) is 0 Å². The van der Waals surface area contributed by atoms with E-state index in [9.17, 15) is 35.2 Å².